The van der Waals surface area contributed by atoms with Gasteiger partial charge >= 0.3 is 5.97 Å². The third-order valence-electron chi connectivity index (χ3n) is 3.20. The van der Waals surface area contributed by atoms with E-state index in [2.05, 4.69) is 5.32 Å². The molecule has 1 aliphatic rings. The Morgan fingerprint density at radius 3 is 2.43 bits per heavy atom. The van der Waals surface area contributed by atoms with E-state index in [0.29, 0.717) is 5.75 Å². The van der Waals surface area contributed by atoms with Gasteiger partial charge in [0.15, 0.2) is 9.84 Å². The Morgan fingerprint density at radius 1 is 1.29 bits per heavy atom. The highest BCUT2D eigenvalue weighted by Gasteiger charge is 2.35. The van der Waals surface area contributed by atoms with Crippen molar-refractivity contribution in [2.45, 2.75) is 32.0 Å². The number of carbonyl (C=O) groups is 1. The van der Waals surface area contributed by atoms with Crippen molar-refractivity contribution >= 4 is 15.8 Å². The van der Waals surface area contributed by atoms with Crippen molar-refractivity contribution in [3.8, 4) is 5.75 Å². The molecule has 0 radical (unpaired) electrons. The van der Waals surface area contributed by atoms with Gasteiger partial charge in [-0.15, -0.1) is 0 Å². The Labute approximate surface area is 124 Å². The summed E-state index contributed by atoms with van der Waals surface area (Å²) < 4.78 is 29.2. The maximum atomic E-state index is 11.8. The third kappa shape index (κ3) is 4.18. The maximum absolute atomic E-state index is 11.8. The maximum Gasteiger partial charge on any atom is 0.321 e. The van der Waals surface area contributed by atoms with Crippen LogP contribution in [0.4, 0.5) is 0 Å². The number of hydrogen-bond acceptors (Lipinski definition) is 5. The molecule has 0 aliphatic carbocycles. The zero-order valence-electron chi connectivity index (χ0n) is 11.9. The van der Waals surface area contributed by atoms with Crippen LogP contribution < -0.4 is 10.1 Å². The highest BCUT2D eigenvalue weighted by atomic mass is 32.2. The number of benzene rings is 1. The van der Waals surface area contributed by atoms with Gasteiger partial charge in [-0.1, -0.05) is 12.1 Å². The SMILES string of the molecule is CC(C)Oc1ccc(C2CS(=O)(=O)CC(C(=O)O)N2)cc1. The fourth-order valence-electron chi connectivity index (χ4n) is 2.30. The van der Waals surface area contributed by atoms with Crippen LogP contribution >= 0.6 is 0 Å². The number of sulfone groups is 1. The highest BCUT2D eigenvalue weighted by molar-refractivity contribution is 7.91. The summed E-state index contributed by atoms with van der Waals surface area (Å²) >= 11 is 0. The molecule has 116 valence electrons. The molecule has 6 nitrogen and oxygen atoms in total. The Kier molecular flexibility index (Phi) is 4.53. The molecule has 2 unspecified atom stereocenters. The topological polar surface area (TPSA) is 92.7 Å². The van der Waals surface area contributed by atoms with Crippen LogP contribution in [0.5, 0.6) is 5.75 Å². The first-order chi connectivity index (χ1) is 9.77. The van der Waals surface area contributed by atoms with Gasteiger partial charge in [-0.05, 0) is 31.5 Å². The van der Waals surface area contributed by atoms with Crippen molar-refractivity contribution in [2.24, 2.45) is 0 Å². The molecule has 1 aliphatic heterocycles. The minimum atomic E-state index is -3.38. The van der Waals surface area contributed by atoms with Crippen molar-refractivity contribution in [2.75, 3.05) is 11.5 Å². The number of hydrogen-bond donors (Lipinski definition) is 2. The zero-order valence-corrected chi connectivity index (χ0v) is 12.8. The Balaban J connectivity index is 2.18. The molecule has 0 amide bonds. The second-order valence-electron chi connectivity index (χ2n) is 5.42. The predicted molar refractivity (Wildman–Crippen MR) is 78.2 cm³/mol. The van der Waals surface area contributed by atoms with Gasteiger partial charge in [0, 0.05) is 6.04 Å². The van der Waals surface area contributed by atoms with E-state index >= 15 is 0 Å². The lowest BCUT2D eigenvalue weighted by molar-refractivity contribution is -0.139. The molecular weight excluding hydrogens is 294 g/mol. The normalized spacial score (nSPS) is 24.7. The smallest absolute Gasteiger partial charge is 0.321 e. The molecule has 2 N–H and O–H groups in total. The molecule has 0 bridgehead atoms. The van der Waals surface area contributed by atoms with Crippen LogP contribution in [0.25, 0.3) is 0 Å². The van der Waals surface area contributed by atoms with E-state index in [4.69, 9.17) is 9.84 Å². The summed E-state index contributed by atoms with van der Waals surface area (Å²) in [6, 6.07) is 5.45. The van der Waals surface area contributed by atoms with Crippen LogP contribution in [0.15, 0.2) is 24.3 Å². The molecule has 2 atom stereocenters. The number of carboxylic acid groups (broad SMARTS) is 1. The van der Waals surface area contributed by atoms with Gasteiger partial charge in [0.2, 0.25) is 0 Å². The molecule has 0 saturated carbocycles. The second-order valence-corrected chi connectivity index (χ2v) is 7.58. The summed E-state index contributed by atoms with van der Waals surface area (Å²) in [6.45, 7) is 3.83. The van der Waals surface area contributed by atoms with Gasteiger partial charge in [0.1, 0.15) is 11.8 Å². The largest absolute Gasteiger partial charge is 0.491 e. The highest BCUT2D eigenvalue weighted by Crippen LogP contribution is 2.23. The molecule has 0 aromatic heterocycles. The molecule has 1 heterocycles. The van der Waals surface area contributed by atoms with E-state index in [1.54, 1.807) is 24.3 Å². The van der Waals surface area contributed by atoms with Crippen LogP contribution in [0.1, 0.15) is 25.5 Å². The summed E-state index contributed by atoms with van der Waals surface area (Å²) in [5, 5.41) is 11.9. The average Bonchev–Trinajstić information content (AvgIpc) is 2.37. The lowest BCUT2D eigenvalue weighted by atomic mass is 10.1. The quantitative estimate of drug-likeness (QED) is 0.861. The summed E-state index contributed by atoms with van der Waals surface area (Å²) in [5.74, 6) is -0.917. The molecule has 7 heteroatoms. The number of rotatable bonds is 4. The molecule has 1 aromatic carbocycles. The number of nitrogens with one attached hydrogen (secondary N) is 1. The van der Waals surface area contributed by atoms with Gasteiger partial charge in [-0.2, -0.15) is 0 Å². The summed E-state index contributed by atoms with van der Waals surface area (Å²) in [6.07, 6.45) is 0.0559. The molecule has 21 heavy (non-hydrogen) atoms. The van der Waals surface area contributed by atoms with Gasteiger partial charge in [-0.25, -0.2) is 8.42 Å². The van der Waals surface area contributed by atoms with Gasteiger partial charge in [0.05, 0.1) is 17.6 Å². The Bertz CT molecular complexity index is 609. The fraction of sp³-hybridized carbons (Fsp3) is 0.500. The van der Waals surface area contributed by atoms with E-state index in [9.17, 15) is 13.2 Å². The first kappa shape index (κ1) is 15.8. The van der Waals surface area contributed by atoms with Gasteiger partial charge in [0.25, 0.3) is 0 Å². The minimum absolute atomic E-state index is 0.0559. The predicted octanol–water partition coefficient (Wildman–Crippen LogP) is 0.986. The van der Waals surface area contributed by atoms with Crippen LogP contribution in [0.3, 0.4) is 0 Å². The molecule has 1 fully saturated rings. The molecular formula is C14H19NO5S. The van der Waals surface area contributed by atoms with E-state index in [-0.39, 0.29) is 17.6 Å². The average molecular weight is 313 g/mol. The van der Waals surface area contributed by atoms with Crippen molar-refractivity contribution in [1.82, 2.24) is 5.32 Å². The van der Waals surface area contributed by atoms with Crippen LogP contribution in [-0.2, 0) is 14.6 Å². The lowest BCUT2D eigenvalue weighted by Crippen LogP contribution is -2.51. The first-order valence-electron chi connectivity index (χ1n) is 6.73. The molecule has 1 aromatic rings. The van der Waals surface area contributed by atoms with Crippen LogP contribution in [0, 0.1) is 0 Å². The summed E-state index contributed by atoms with van der Waals surface area (Å²) in [7, 11) is -3.38. The van der Waals surface area contributed by atoms with E-state index in [0.717, 1.165) is 5.56 Å². The lowest BCUT2D eigenvalue weighted by Gasteiger charge is -2.29. The Morgan fingerprint density at radius 2 is 1.90 bits per heavy atom. The van der Waals surface area contributed by atoms with E-state index in [1.165, 1.54) is 0 Å². The monoisotopic (exact) mass is 313 g/mol. The molecule has 1 saturated heterocycles. The molecule has 0 spiro atoms. The second kappa shape index (κ2) is 6.03. The minimum Gasteiger partial charge on any atom is -0.491 e. The van der Waals surface area contributed by atoms with Crippen molar-refractivity contribution < 1.29 is 23.1 Å². The number of ether oxygens (including phenoxy) is 1. The third-order valence-corrected chi connectivity index (χ3v) is 4.88. The standard InChI is InChI=1S/C14H19NO5S/c1-9(2)20-11-5-3-10(4-6-11)12-7-21(18,19)8-13(15-12)14(16)17/h3-6,9,12-13,15H,7-8H2,1-2H3,(H,16,17). The molecule has 2 rings (SSSR count). The fourth-order valence-corrected chi connectivity index (χ4v) is 3.98. The van der Waals surface area contributed by atoms with Crippen LogP contribution in [-0.4, -0.2) is 43.1 Å². The van der Waals surface area contributed by atoms with Crippen LogP contribution in [0.2, 0.25) is 0 Å². The van der Waals surface area contributed by atoms with Crippen molar-refractivity contribution in [3.63, 3.8) is 0 Å². The van der Waals surface area contributed by atoms with Gasteiger partial charge < -0.3 is 9.84 Å². The van der Waals surface area contributed by atoms with Crippen molar-refractivity contribution in [3.05, 3.63) is 29.8 Å². The number of aliphatic carboxylic acids is 1. The van der Waals surface area contributed by atoms with E-state index < -0.39 is 27.9 Å². The van der Waals surface area contributed by atoms with Crippen molar-refractivity contribution in [1.29, 1.82) is 0 Å². The summed E-state index contributed by atoms with van der Waals surface area (Å²) in [4.78, 5) is 11.0. The van der Waals surface area contributed by atoms with E-state index in [1.807, 2.05) is 13.8 Å². The number of carboxylic acids is 1. The zero-order chi connectivity index (χ0) is 15.6. The van der Waals surface area contributed by atoms with Gasteiger partial charge in [-0.3, -0.25) is 10.1 Å². The Hall–Kier alpha value is -1.60. The summed E-state index contributed by atoms with van der Waals surface area (Å²) in [5.41, 5.74) is 0.737. The first-order valence-corrected chi connectivity index (χ1v) is 8.55.